The monoisotopic (exact) mass is 274 g/mol. The Hall–Kier alpha value is -1.39. The lowest BCUT2D eigenvalue weighted by atomic mass is 10.1. The van der Waals surface area contributed by atoms with E-state index in [0.717, 1.165) is 43.6 Å². The van der Waals surface area contributed by atoms with Crippen LogP contribution in [-0.2, 0) is 17.6 Å². The lowest BCUT2D eigenvalue weighted by Crippen LogP contribution is -2.24. The van der Waals surface area contributed by atoms with Crippen molar-refractivity contribution in [1.29, 1.82) is 0 Å². The van der Waals surface area contributed by atoms with Crippen molar-refractivity contribution in [3.8, 4) is 0 Å². The Bertz CT molecular complexity index is 513. The van der Waals surface area contributed by atoms with E-state index in [1.165, 1.54) is 11.1 Å². The number of aliphatic hydroxyl groups is 1. The van der Waals surface area contributed by atoms with Crippen LogP contribution in [0.5, 0.6) is 0 Å². The number of benzene rings is 1. The predicted molar refractivity (Wildman–Crippen MR) is 80.4 cm³/mol. The van der Waals surface area contributed by atoms with Crippen molar-refractivity contribution in [3.05, 3.63) is 29.3 Å². The molecule has 108 valence electrons. The maximum Gasteiger partial charge on any atom is 0.101 e. The summed E-state index contributed by atoms with van der Waals surface area (Å²) in [4.78, 5) is 4.71. The molecule has 0 unspecified atom stereocenters. The minimum Gasteiger partial charge on any atom is -0.392 e. The van der Waals surface area contributed by atoms with E-state index in [4.69, 9.17) is 9.73 Å². The van der Waals surface area contributed by atoms with Gasteiger partial charge in [0, 0.05) is 19.2 Å². The van der Waals surface area contributed by atoms with Crippen LogP contribution < -0.4 is 5.32 Å². The molecule has 1 aromatic rings. The average Bonchev–Trinajstić information content (AvgIpc) is 2.79. The number of fused-ring (bicyclic) bond motifs is 1. The molecule has 4 nitrogen and oxygen atoms in total. The van der Waals surface area contributed by atoms with Crippen molar-refractivity contribution in [2.45, 2.75) is 44.2 Å². The fraction of sp³-hybridized carbons (Fsp3) is 0.562. The zero-order valence-corrected chi connectivity index (χ0v) is 11.9. The third-order valence-corrected chi connectivity index (χ3v) is 4.05. The van der Waals surface area contributed by atoms with Crippen LogP contribution in [-0.4, -0.2) is 36.8 Å². The lowest BCUT2D eigenvalue weighted by Gasteiger charge is -2.21. The minimum absolute atomic E-state index is 0.210. The van der Waals surface area contributed by atoms with Gasteiger partial charge in [-0.15, -0.1) is 0 Å². The summed E-state index contributed by atoms with van der Waals surface area (Å²) in [5.74, 6) is 1.05. The van der Waals surface area contributed by atoms with Gasteiger partial charge < -0.3 is 15.2 Å². The molecule has 0 amide bonds. The summed E-state index contributed by atoms with van der Waals surface area (Å²) in [5.41, 5.74) is 3.60. The topological polar surface area (TPSA) is 53.8 Å². The maximum absolute atomic E-state index is 9.70. The van der Waals surface area contributed by atoms with Crippen molar-refractivity contribution >= 4 is 11.5 Å². The number of methoxy groups -OCH3 is 1. The van der Waals surface area contributed by atoms with Crippen molar-refractivity contribution in [2.75, 3.05) is 19.0 Å². The zero-order chi connectivity index (χ0) is 13.9. The zero-order valence-electron chi connectivity index (χ0n) is 11.9. The van der Waals surface area contributed by atoms with Crippen LogP contribution in [0.15, 0.2) is 23.2 Å². The van der Waals surface area contributed by atoms with Crippen LogP contribution in [0, 0.1) is 0 Å². The van der Waals surface area contributed by atoms with Gasteiger partial charge in [-0.1, -0.05) is 6.07 Å². The number of aliphatic imine (C=N–C) groups is 1. The summed E-state index contributed by atoms with van der Waals surface area (Å²) >= 11 is 0. The van der Waals surface area contributed by atoms with E-state index in [0.29, 0.717) is 6.61 Å². The Balaban J connectivity index is 1.70. The molecule has 2 aliphatic rings. The molecule has 2 N–H and O–H groups in total. The molecule has 3 rings (SSSR count). The van der Waals surface area contributed by atoms with Gasteiger partial charge >= 0.3 is 0 Å². The van der Waals surface area contributed by atoms with E-state index < -0.39 is 0 Å². The molecular weight excluding hydrogens is 252 g/mol. The second kappa shape index (κ2) is 5.94. The molecule has 1 heterocycles. The van der Waals surface area contributed by atoms with Gasteiger partial charge in [-0.2, -0.15) is 0 Å². The first-order chi connectivity index (χ1) is 9.74. The summed E-state index contributed by atoms with van der Waals surface area (Å²) in [7, 11) is 1.73. The number of amidine groups is 1. The summed E-state index contributed by atoms with van der Waals surface area (Å²) in [5, 5.41) is 13.1. The smallest absolute Gasteiger partial charge is 0.101 e. The maximum atomic E-state index is 9.70. The van der Waals surface area contributed by atoms with Gasteiger partial charge in [0.15, 0.2) is 0 Å². The molecule has 1 aromatic carbocycles. The third kappa shape index (κ3) is 3.02. The Labute approximate surface area is 119 Å². The molecule has 0 aromatic heterocycles. The number of aliphatic hydroxyl groups excluding tert-OH is 1. The highest BCUT2D eigenvalue weighted by Crippen LogP contribution is 2.26. The number of hydrogen-bond acceptors (Lipinski definition) is 4. The van der Waals surface area contributed by atoms with Crippen molar-refractivity contribution in [3.63, 3.8) is 0 Å². The van der Waals surface area contributed by atoms with Crippen LogP contribution in [0.1, 0.15) is 30.4 Å². The highest BCUT2D eigenvalue weighted by molar-refractivity contribution is 5.96. The molecule has 20 heavy (non-hydrogen) atoms. The van der Waals surface area contributed by atoms with Crippen molar-refractivity contribution in [1.82, 2.24) is 0 Å². The molecule has 0 bridgehead atoms. The van der Waals surface area contributed by atoms with E-state index in [-0.39, 0.29) is 12.1 Å². The van der Waals surface area contributed by atoms with Gasteiger partial charge in [0.2, 0.25) is 0 Å². The Morgan fingerprint density at radius 1 is 1.35 bits per heavy atom. The third-order valence-electron chi connectivity index (χ3n) is 4.05. The number of nitrogens with one attached hydrogen (secondary N) is 1. The van der Waals surface area contributed by atoms with Gasteiger partial charge in [0.25, 0.3) is 0 Å². The first kappa shape index (κ1) is 13.6. The van der Waals surface area contributed by atoms with E-state index in [1.54, 1.807) is 7.11 Å². The fourth-order valence-corrected chi connectivity index (χ4v) is 3.10. The number of anilines is 1. The Kier molecular flexibility index (Phi) is 4.03. The van der Waals surface area contributed by atoms with Crippen molar-refractivity contribution < 1.29 is 9.84 Å². The highest BCUT2D eigenvalue weighted by atomic mass is 16.5. The van der Waals surface area contributed by atoms with Gasteiger partial charge in [-0.3, -0.25) is 4.99 Å². The van der Waals surface area contributed by atoms with Crippen molar-refractivity contribution in [2.24, 2.45) is 4.99 Å². The lowest BCUT2D eigenvalue weighted by molar-refractivity contribution is 0.175. The van der Waals surface area contributed by atoms with E-state index >= 15 is 0 Å². The van der Waals surface area contributed by atoms with E-state index in [1.807, 2.05) is 0 Å². The Morgan fingerprint density at radius 3 is 3.05 bits per heavy atom. The molecule has 0 radical (unpaired) electrons. The molecule has 0 fully saturated rings. The van der Waals surface area contributed by atoms with E-state index in [2.05, 4.69) is 23.5 Å². The molecule has 0 saturated heterocycles. The number of rotatable bonds is 3. The molecule has 4 heteroatoms. The number of nitrogens with zero attached hydrogens (tertiary/aromatic N) is 1. The van der Waals surface area contributed by atoms with Gasteiger partial charge in [0.05, 0.1) is 18.8 Å². The van der Waals surface area contributed by atoms with Gasteiger partial charge in [-0.05, 0) is 48.9 Å². The minimum atomic E-state index is -0.210. The molecular formula is C16H22N2O2. The van der Waals surface area contributed by atoms with Crippen LogP contribution in [0.25, 0.3) is 0 Å². The normalized spacial score (nSPS) is 25.2. The van der Waals surface area contributed by atoms with Crippen LogP contribution >= 0.6 is 0 Å². The van der Waals surface area contributed by atoms with Crippen LogP contribution in [0.4, 0.5) is 5.69 Å². The van der Waals surface area contributed by atoms with Gasteiger partial charge in [0.1, 0.15) is 5.84 Å². The average molecular weight is 274 g/mol. The summed E-state index contributed by atoms with van der Waals surface area (Å²) in [6.45, 7) is 0.696. The largest absolute Gasteiger partial charge is 0.392 e. The second-order valence-corrected chi connectivity index (χ2v) is 5.75. The molecule has 1 aliphatic heterocycles. The molecule has 2 atom stereocenters. The molecule has 0 saturated carbocycles. The van der Waals surface area contributed by atoms with Gasteiger partial charge in [-0.25, -0.2) is 0 Å². The standard InChI is InChI=1S/C16H22N2O2/c1-20-10-14-3-2-4-16(18-14)17-13-6-5-11-8-15(19)9-12(11)7-13/h5-7,14-15,19H,2-4,8-10H2,1H3,(H,17,18)/t14-,15+/m1/s1. The first-order valence-electron chi connectivity index (χ1n) is 7.37. The van der Waals surface area contributed by atoms with Crippen LogP contribution in [0.2, 0.25) is 0 Å². The quantitative estimate of drug-likeness (QED) is 0.888. The SMILES string of the molecule is COC[C@H]1CCCC(Nc2ccc3c(c2)C[C@@H](O)C3)=N1. The van der Waals surface area contributed by atoms with Crippen LogP contribution in [0.3, 0.4) is 0 Å². The number of ether oxygens (including phenoxy) is 1. The number of hydrogen-bond donors (Lipinski definition) is 2. The fourth-order valence-electron chi connectivity index (χ4n) is 3.10. The summed E-state index contributed by atoms with van der Waals surface area (Å²) < 4.78 is 5.19. The second-order valence-electron chi connectivity index (χ2n) is 5.75. The molecule has 0 spiro atoms. The summed E-state index contributed by atoms with van der Waals surface area (Å²) in [6, 6.07) is 6.63. The first-order valence-corrected chi connectivity index (χ1v) is 7.37. The van der Waals surface area contributed by atoms with E-state index in [9.17, 15) is 5.11 Å². The summed E-state index contributed by atoms with van der Waals surface area (Å²) in [6.07, 6.45) is 4.60. The predicted octanol–water partition coefficient (Wildman–Crippen LogP) is 2.16. The molecule has 1 aliphatic carbocycles. The Morgan fingerprint density at radius 2 is 2.20 bits per heavy atom. The highest BCUT2D eigenvalue weighted by Gasteiger charge is 2.20.